The molecule has 1 rings (SSSR count). The largest absolute Gasteiger partial charge is 0.317 e. The van der Waals surface area contributed by atoms with Crippen molar-refractivity contribution in [2.75, 3.05) is 13.1 Å². The number of hydrogen-bond acceptors (Lipinski definition) is 2. The van der Waals surface area contributed by atoms with Crippen LogP contribution in [0.25, 0.3) is 0 Å². The Hall–Kier alpha value is -0.830. The van der Waals surface area contributed by atoms with Crippen LogP contribution in [0.5, 0.6) is 0 Å². The molecule has 1 heterocycles. The average Bonchev–Trinajstić information content (AvgIpc) is 2.48. The lowest BCUT2D eigenvalue weighted by atomic mass is 10.1. The highest BCUT2D eigenvalue weighted by molar-refractivity contribution is 5.22. The van der Waals surface area contributed by atoms with Crippen LogP contribution in [0.2, 0.25) is 0 Å². The van der Waals surface area contributed by atoms with Gasteiger partial charge in [-0.05, 0) is 51.8 Å². The predicted octanol–water partition coefficient (Wildman–Crippen LogP) is 1.96. The van der Waals surface area contributed by atoms with Gasteiger partial charge in [-0.1, -0.05) is 6.92 Å². The number of hydrogen-bond donors (Lipinski definition) is 2. The lowest BCUT2D eigenvalue weighted by molar-refractivity contribution is 0.638. The van der Waals surface area contributed by atoms with Crippen molar-refractivity contribution in [1.29, 1.82) is 0 Å². The van der Waals surface area contributed by atoms with Gasteiger partial charge in [0.05, 0.1) is 5.69 Å². The molecule has 0 saturated carbocycles. The Morgan fingerprint density at radius 2 is 2.07 bits per heavy atom. The third-order valence-electron chi connectivity index (χ3n) is 2.49. The van der Waals surface area contributed by atoms with Crippen LogP contribution >= 0.6 is 0 Å². The minimum Gasteiger partial charge on any atom is -0.317 e. The normalized spacial score (nSPS) is 10.8. The summed E-state index contributed by atoms with van der Waals surface area (Å²) in [7, 11) is 0. The van der Waals surface area contributed by atoms with E-state index in [2.05, 4.69) is 36.3 Å². The third-order valence-corrected chi connectivity index (χ3v) is 2.49. The molecule has 0 saturated heterocycles. The van der Waals surface area contributed by atoms with E-state index in [-0.39, 0.29) is 0 Å². The van der Waals surface area contributed by atoms with Crippen LogP contribution in [0, 0.1) is 13.8 Å². The van der Waals surface area contributed by atoms with Crippen LogP contribution in [0.4, 0.5) is 0 Å². The molecule has 14 heavy (non-hydrogen) atoms. The second-order valence-electron chi connectivity index (χ2n) is 3.77. The monoisotopic (exact) mass is 195 g/mol. The first kappa shape index (κ1) is 11.2. The lowest BCUT2D eigenvalue weighted by Gasteiger charge is -2.03. The van der Waals surface area contributed by atoms with Crippen molar-refractivity contribution >= 4 is 0 Å². The molecule has 0 aliphatic heterocycles. The zero-order valence-electron chi connectivity index (χ0n) is 9.48. The number of rotatable bonds is 6. The van der Waals surface area contributed by atoms with Crippen LogP contribution in [0.1, 0.15) is 36.7 Å². The maximum absolute atomic E-state index is 4.19. The predicted molar refractivity (Wildman–Crippen MR) is 59.5 cm³/mol. The Bertz CT molecular complexity index is 246. The van der Waals surface area contributed by atoms with Crippen LogP contribution in [0.3, 0.4) is 0 Å². The standard InChI is InChI=1S/C11H21N3/c1-4-7-12-8-5-6-11-9(2)13-14-10(11)3/h12H,4-8H2,1-3H3,(H,13,14). The van der Waals surface area contributed by atoms with Gasteiger partial charge < -0.3 is 5.32 Å². The summed E-state index contributed by atoms with van der Waals surface area (Å²) in [6.07, 6.45) is 3.54. The van der Waals surface area contributed by atoms with Gasteiger partial charge in [0.25, 0.3) is 0 Å². The summed E-state index contributed by atoms with van der Waals surface area (Å²) in [5.41, 5.74) is 3.76. The number of aryl methyl sites for hydroxylation is 2. The molecule has 1 aromatic heterocycles. The summed E-state index contributed by atoms with van der Waals surface area (Å²) in [5, 5.41) is 10.6. The van der Waals surface area contributed by atoms with E-state index >= 15 is 0 Å². The van der Waals surface area contributed by atoms with Crippen molar-refractivity contribution in [3.63, 3.8) is 0 Å². The highest BCUT2D eigenvalue weighted by Gasteiger charge is 2.04. The molecule has 1 aromatic rings. The highest BCUT2D eigenvalue weighted by atomic mass is 15.1. The van der Waals surface area contributed by atoms with Gasteiger partial charge in [-0.25, -0.2) is 0 Å². The van der Waals surface area contributed by atoms with Crippen molar-refractivity contribution in [3.8, 4) is 0 Å². The first-order valence-corrected chi connectivity index (χ1v) is 5.46. The van der Waals surface area contributed by atoms with Crippen molar-refractivity contribution in [1.82, 2.24) is 15.5 Å². The Kier molecular flexibility index (Phi) is 4.66. The molecule has 3 nitrogen and oxygen atoms in total. The van der Waals surface area contributed by atoms with E-state index in [1.54, 1.807) is 0 Å². The van der Waals surface area contributed by atoms with E-state index in [1.807, 2.05) is 0 Å². The van der Waals surface area contributed by atoms with Gasteiger partial charge in [0.15, 0.2) is 0 Å². The third kappa shape index (κ3) is 3.14. The maximum Gasteiger partial charge on any atom is 0.0625 e. The molecule has 80 valence electrons. The quantitative estimate of drug-likeness (QED) is 0.681. The number of H-pyrrole nitrogens is 1. The Morgan fingerprint density at radius 1 is 1.29 bits per heavy atom. The average molecular weight is 195 g/mol. The van der Waals surface area contributed by atoms with E-state index < -0.39 is 0 Å². The molecule has 0 spiro atoms. The molecular formula is C11H21N3. The number of aromatic amines is 1. The molecule has 0 amide bonds. The summed E-state index contributed by atoms with van der Waals surface area (Å²) < 4.78 is 0. The van der Waals surface area contributed by atoms with E-state index in [0.717, 1.165) is 25.2 Å². The maximum atomic E-state index is 4.19. The summed E-state index contributed by atoms with van der Waals surface area (Å²) in [6.45, 7) is 8.59. The van der Waals surface area contributed by atoms with Crippen molar-refractivity contribution < 1.29 is 0 Å². The molecule has 0 unspecified atom stereocenters. The molecule has 0 bridgehead atoms. The topological polar surface area (TPSA) is 40.7 Å². The molecule has 0 atom stereocenters. The van der Waals surface area contributed by atoms with Gasteiger partial charge >= 0.3 is 0 Å². The van der Waals surface area contributed by atoms with Gasteiger partial charge in [0.1, 0.15) is 0 Å². The van der Waals surface area contributed by atoms with E-state index in [1.165, 1.54) is 24.1 Å². The number of nitrogens with zero attached hydrogens (tertiary/aromatic N) is 1. The molecule has 2 N–H and O–H groups in total. The Morgan fingerprint density at radius 3 is 2.64 bits per heavy atom. The van der Waals surface area contributed by atoms with Gasteiger partial charge in [-0.2, -0.15) is 5.10 Å². The number of nitrogens with one attached hydrogen (secondary N) is 2. The van der Waals surface area contributed by atoms with Gasteiger partial charge in [0, 0.05) is 5.69 Å². The van der Waals surface area contributed by atoms with Crippen LogP contribution in [0.15, 0.2) is 0 Å². The highest BCUT2D eigenvalue weighted by Crippen LogP contribution is 2.10. The Balaban J connectivity index is 2.24. The van der Waals surface area contributed by atoms with E-state index in [0.29, 0.717) is 0 Å². The molecule has 0 aromatic carbocycles. The molecule has 3 heteroatoms. The summed E-state index contributed by atoms with van der Waals surface area (Å²) in [6, 6.07) is 0. The minimum absolute atomic E-state index is 1.11. The van der Waals surface area contributed by atoms with Gasteiger partial charge in [0.2, 0.25) is 0 Å². The van der Waals surface area contributed by atoms with Crippen molar-refractivity contribution in [3.05, 3.63) is 17.0 Å². The summed E-state index contributed by atoms with van der Waals surface area (Å²) >= 11 is 0. The fourth-order valence-electron chi connectivity index (χ4n) is 1.63. The lowest BCUT2D eigenvalue weighted by Crippen LogP contribution is -2.16. The SMILES string of the molecule is CCCNCCCc1c(C)n[nH]c1C. The summed E-state index contributed by atoms with van der Waals surface area (Å²) in [4.78, 5) is 0. The van der Waals surface area contributed by atoms with E-state index in [9.17, 15) is 0 Å². The first-order chi connectivity index (χ1) is 6.75. The van der Waals surface area contributed by atoms with Crippen LogP contribution in [-0.2, 0) is 6.42 Å². The number of aromatic nitrogens is 2. The Labute approximate surface area is 86.3 Å². The van der Waals surface area contributed by atoms with Gasteiger partial charge in [-0.3, -0.25) is 5.10 Å². The van der Waals surface area contributed by atoms with E-state index in [4.69, 9.17) is 0 Å². The zero-order valence-corrected chi connectivity index (χ0v) is 9.48. The molecule has 0 aliphatic rings. The van der Waals surface area contributed by atoms with Crippen LogP contribution < -0.4 is 5.32 Å². The minimum atomic E-state index is 1.11. The smallest absolute Gasteiger partial charge is 0.0625 e. The second-order valence-corrected chi connectivity index (χ2v) is 3.77. The second kappa shape index (κ2) is 5.81. The fourth-order valence-corrected chi connectivity index (χ4v) is 1.63. The molecule has 0 fully saturated rings. The molecule has 0 radical (unpaired) electrons. The van der Waals surface area contributed by atoms with Crippen molar-refractivity contribution in [2.24, 2.45) is 0 Å². The zero-order chi connectivity index (χ0) is 10.4. The van der Waals surface area contributed by atoms with Crippen molar-refractivity contribution in [2.45, 2.75) is 40.0 Å². The molecule has 0 aliphatic carbocycles. The van der Waals surface area contributed by atoms with Crippen LogP contribution in [-0.4, -0.2) is 23.3 Å². The molecular weight excluding hydrogens is 174 g/mol. The first-order valence-electron chi connectivity index (χ1n) is 5.46. The summed E-state index contributed by atoms with van der Waals surface area (Å²) in [5.74, 6) is 0. The fraction of sp³-hybridized carbons (Fsp3) is 0.727. The van der Waals surface area contributed by atoms with Gasteiger partial charge in [-0.15, -0.1) is 0 Å².